The minimum Gasteiger partial charge on any atom is -0.469 e. The number of hydrogen-bond acceptors (Lipinski definition) is 5. The Labute approximate surface area is 136 Å². The molecule has 0 aliphatic rings. The van der Waals surface area contributed by atoms with Crippen LogP contribution >= 0.6 is 0 Å². The summed E-state index contributed by atoms with van der Waals surface area (Å²) in [6.45, 7) is 4.30. The molecule has 1 rings (SSSR count). The molecule has 23 heavy (non-hydrogen) atoms. The predicted molar refractivity (Wildman–Crippen MR) is 84.6 cm³/mol. The quantitative estimate of drug-likeness (QED) is 0.567. The van der Waals surface area contributed by atoms with Gasteiger partial charge in [-0.15, -0.1) is 0 Å². The highest BCUT2D eigenvalue weighted by Gasteiger charge is 2.22. The van der Waals surface area contributed by atoms with E-state index in [0.29, 0.717) is 25.1 Å². The van der Waals surface area contributed by atoms with E-state index in [1.807, 2.05) is 0 Å². The standard InChI is InChI=1S/C16H23N3O4/c1-12(16(22)23-3)11-19(9-5-8-18-13(2)20)15(21)14-6-4-7-17-10-14/h4,6-7,10,12H,5,8-9,11H2,1-3H3,(H,18,20). The molecule has 0 saturated heterocycles. The molecule has 1 N–H and O–H groups in total. The minimum atomic E-state index is -0.429. The van der Waals surface area contributed by atoms with Crippen LogP contribution in [0.2, 0.25) is 0 Å². The number of carbonyl (C=O) groups excluding carboxylic acids is 3. The van der Waals surface area contributed by atoms with Crippen molar-refractivity contribution in [1.29, 1.82) is 0 Å². The van der Waals surface area contributed by atoms with Gasteiger partial charge in [0.1, 0.15) is 0 Å². The van der Waals surface area contributed by atoms with Crippen molar-refractivity contribution in [3.63, 3.8) is 0 Å². The topological polar surface area (TPSA) is 88.6 Å². The summed E-state index contributed by atoms with van der Waals surface area (Å²) in [7, 11) is 1.32. The van der Waals surface area contributed by atoms with Crippen LogP contribution in [-0.2, 0) is 14.3 Å². The van der Waals surface area contributed by atoms with Crippen molar-refractivity contribution < 1.29 is 19.1 Å². The van der Waals surface area contributed by atoms with Gasteiger partial charge in [-0.1, -0.05) is 6.92 Å². The second-order valence-electron chi connectivity index (χ2n) is 5.25. The summed E-state index contributed by atoms with van der Waals surface area (Å²) < 4.78 is 4.71. The van der Waals surface area contributed by atoms with Crippen LogP contribution in [0, 0.1) is 5.92 Å². The van der Waals surface area contributed by atoms with E-state index in [9.17, 15) is 14.4 Å². The normalized spacial score (nSPS) is 11.4. The zero-order valence-corrected chi connectivity index (χ0v) is 13.7. The van der Waals surface area contributed by atoms with E-state index in [1.165, 1.54) is 20.2 Å². The van der Waals surface area contributed by atoms with Gasteiger partial charge >= 0.3 is 5.97 Å². The zero-order chi connectivity index (χ0) is 17.2. The lowest BCUT2D eigenvalue weighted by atomic mass is 10.1. The molecule has 1 aromatic heterocycles. The van der Waals surface area contributed by atoms with Crippen LogP contribution in [-0.4, -0.2) is 54.4 Å². The summed E-state index contributed by atoms with van der Waals surface area (Å²) >= 11 is 0. The Bertz CT molecular complexity index is 533. The van der Waals surface area contributed by atoms with Gasteiger partial charge < -0.3 is 15.0 Å². The molecule has 1 atom stereocenters. The Kier molecular flexibility index (Phi) is 7.73. The van der Waals surface area contributed by atoms with E-state index in [1.54, 1.807) is 30.2 Å². The number of amides is 2. The average molecular weight is 321 g/mol. The summed E-state index contributed by atoms with van der Waals surface area (Å²) in [6.07, 6.45) is 3.68. The monoisotopic (exact) mass is 321 g/mol. The molecular formula is C16H23N3O4. The molecule has 0 aliphatic heterocycles. The molecule has 0 bridgehead atoms. The fourth-order valence-corrected chi connectivity index (χ4v) is 2.09. The van der Waals surface area contributed by atoms with Gasteiger partial charge in [-0.05, 0) is 18.6 Å². The van der Waals surface area contributed by atoms with Crippen LogP contribution in [0.1, 0.15) is 30.6 Å². The lowest BCUT2D eigenvalue weighted by molar-refractivity contribution is -0.145. The smallest absolute Gasteiger partial charge is 0.310 e. The molecule has 1 heterocycles. The van der Waals surface area contributed by atoms with Crippen LogP contribution in [0.15, 0.2) is 24.5 Å². The third-order valence-electron chi connectivity index (χ3n) is 3.27. The number of esters is 1. The molecule has 1 unspecified atom stereocenters. The second kappa shape index (κ2) is 9.55. The maximum Gasteiger partial charge on any atom is 0.310 e. The average Bonchev–Trinajstić information content (AvgIpc) is 2.56. The van der Waals surface area contributed by atoms with Crippen LogP contribution in [0.25, 0.3) is 0 Å². The highest BCUT2D eigenvalue weighted by molar-refractivity contribution is 5.94. The van der Waals surface area contributed by atoms with Crippen molar-refractivity contribution in [2.45, 2.75) is 20.3 Å². The van der Waals surface area contributed by atoms with E-state index in [-0.39, 0.29) is 24.3 Å². The molecular weight excluding hydrogens is 298 g/mol. The molecule has 7 nitrogen and oxygen atoms in total. The van der Waals surface area contributed by atoms with Crippen LogP contribution in [0.4, 0.5) is 0 Å². The molecule has 2 amide bonds. The minimum absolute atomic E-state index is 0.113. The first-order chi connectivity index (χ1) is 11.0. The fourth-order valence-electron chi connectivity index (χ4n) is 2.09. The van der Waals surface area contributed by atoms with Crippen molar-refractivity contribution in [3.05, 3.63) is 30.1 Å². The molecule has 1 aromatic rings. The molecule has 0 fully saturated rings. The van der Waals surface area contributed by atoms with Crippen molar-refractivity contribution in [2.24, 2.45) is 5.92 Å². The highest BCUT2D eigenvalue weighted by Crippen LogP contribution is 2.09. The van der Waals surface area contributed by atoms with Gasteiger partial charge in [-0.3, -0.25) is 19.4 Å². The number of nitrogens with one attached hydrogen (secondary N) is 1. The lowest BCUT2D eigenvalue weighted by Crippen LogP contribution is -2.39. The number of methoxy groups -OCH3 is 1. The zero-order valence-electron chi connectivity index (χ0n) is 13.7. The summed E-state index contributed by atoms with van der Waals surface area (Å²) in [5, 5.41) is 2.69. The molecule has 0 aliphatic carbocycles. The Hall–Kier alpha value is -2.44. The summed E-state index contributed by atoms with van der Waals surface area (Å²) in [6, 6.07) is 3.37. The van der Waals surface area contributed by atoms with Crippen molar-refractivity contribution >= 4 is 17.8 Å². The maximum absolute atomic E-state index is 12.6. The van der Waals surface area contributed by atoms with Crippen molar-refractivity contribution in [3.8, 4) is 0 Å². The fraction of sp³-hybridized carbons (Fsp3) is 0.500. The molecule has 0 radical (unpaired) electrons. The van der Waals surface area contributed by atoms with Gasteiger partial charge in [0.15, 0.2) is 0 Å². The highest BCUT2D eigenvalue weighted by atomic mass is 16.5. The van der Waals surface area contributed by atoms with E-state index in [4.69, 9.17) is 4.74 Å². The Balaban J connectivity index is 2.73. The van der Waals surface area contributed by atoms with E-state index in [0.717, 1.165) is 0 Å². The number of hydrogen-bond donors (Lipinski definition) is 1. The number of rotatable bonds is 8. The largest absolute Gasteiger partial charge is 0.469 e. The molecule has 0 aromatic carbocycles. The molecule has 0 spiro atoms. The lowest BCUT2D eigenvalue weighted by Gasteiger charge is -2.25. The number of aromatic nitrogens is 1. The van der Waals surface area contributed by atoms with Crippen LogP contribution < -0.4 is 5.32 Å². The first-order valence-electron chi connectivity index (χ1n) is 7.47. The number of carbonyl (C=O) groups is 3. The van der Waals surface area contributed by atoms with Gasteiger partial charge in [-0.2, -0.15) is 0 Å². The third kappa shape index (κ3) is 6.46. The number of pyridine rings is 1. The van der Waals surface area contributed by atoms with E-state index in [2.05, 4.69) is 10.3 Å². The number of nitrogens with zero attached hydrogens (tertiary/aromatic N) is 2. The van der Waals surface area contributed by atoms with Gasteiger partial charge in [0.05, 0.1) is 18.6 Å². The summed E-state index contributed by atoms with van der Waals surface area (Å²) in [5.74, 6) is -1.10. The van der Waals surface area contributed by atoms with Crippen LogP contribution in [0.3, 0.4) is 0 Å². The first kappa shape index (κ1) is 18.6. The Morgan fingerprint density at radius 2 is 2.13 bits per heavy atom. The van der Waals surface area contributed by atoms with Crippen molar-refractivity contribution in [2.75, 3.05) is 26.7 Å². The molecule has 126 valence electrons. The summed E-state index contributed by atoms with van der Waals surface area (Å²) in [4.78, 5) is 40.6. The predicted octanol–water partition coefficient (Wildman–Crippen LogP) is 0.859. The van der Waals surface area contributed by atoms with Gasteiger partial charge in [0.25, 0.3) is 5.91 Å². The van der Waals surface area contributed by atoms with Crippen LogP contribution in [0.5, 0.6) is 0 Å². The first-order valence-corrected chi connectivity index (χ1v) is 7.47. The van der Waals surface area contributed by atoms with Gasteiger partial charge in [0.2, 0.25) is 5.91 Å². The maximum atomic E-state index is 12.6. The molecule has 0 saturated carbocycles. The van der Waals surface area contributed by atoms with Gasteiger partial charge in [0, 0.05) is 39.0 Å². The second-order valence-corrected chi connectivity index (χ2v) is 5.25. The Morgan fingerprint density at radius 3 is 2.70 bits per heavy atom. The van der Waals surface area contributed by atoms with E-state index < -0.39 is 5.92 Å². The third-order valence-corrected chi connectivity index (χ3v) is 3.27. The molecule has 7 heteroatoms. The Morgan fingerprint density at radius 1 is 1.39 bits per heavy atom. The number of ether oxygens (including phenoxy) is 1. The SMILES string of the molecule is COC(=O)C(C)CN(CCCNC(C)=O)C(=O)c1cccnc1. The van der Waals surface area contributed by atoms with Gasteiger partial charge in [-0.25, -0.2) is 0 Å². The van der Waals surface area contributed by atoms with E-state index >= 15 is 0 Å². The summed E-state index contributed by atoms with van der Waals surface area (Å²) in [5.41, 5.74) is 0.462. The van der Waals surface area contributed by atoms with Crippen molar-refractivity contribution in [1.82, 2.24) is 15.2 Å².